The number of fused-ring (bicyclic) bond motifs is 2. The molecule has 14 nitrogen and oxygen atoms in total. The number of aliphatic carboxylic acids is 2. The molecule has 0 saturated carbocycles. The summed E-state index contributed by atoms with van der Waals surface area (Å²) in [5.41, 5.74) is 2.35. The van der Waals surface area contributed by atoms with Crippen LogP contribution in [0.1, 0.15) is 46.4 Å². The van der Waals surface area contributed by atoms with E-state index in [-0.39, 0.29) is 0 Å². The number of carboxylic acids is 2. The van der Waals surface area contributed by atoms with E-state index in [1.165, 1.54) is 0 Å². The van der Waals surface area contributed by atoms with Gasteiger partial charge in [-0.15, -0.1) is 0 Å². The number of aromatic nitrogens is 2. The van der Waals surface area contributed by atoms with Crippen LogP contribution in [0.5, 0.6) is 0 Å². The molecule has 0 unspecified atom stereocenters. The summed E-state index contributed by atoms with van der Waals surface area (Å²) < 4.78 is 65.2. The average Bonchev–Trinajstić information content (AvgIpc) is 3.74. The molecule has 2 amide bonds. The number of alkyl halides is 6. The summed E-state index contributed by atoms with van der Waals surface area (Å²) in [7, 11) is 0. The number of carbonyl (C=O) groups is 6. The fourth-order valence-corrected chi connectivity index (χ4v) is 5.27. The number of amides is 2. The second-order valence-electron chi connectivity index (χ2n) is 11.5. The van der Waals surface area contributed by atoms with Crippen molar-refractivity contribution < 1.29 is 65.3 Å². The van der Waals surface area contributed by atoms with Gasteiger partial charge in [-0.25, -0.2) is 9.59 Å². The number of aromatic amines is 2. The van der Waals surface area contributed by atoms with Crippen molar-refractivity contribution in [1.82, 2.24) is 31.2 Å². The van der Waals surface area contributed by atoms with Gasteiger partial charge in [-0.2, -0.15) is 26.3 Å². The maximum Gasteiger partial charge on any atom is 0.490 e. The van der Waals surface area contributed by atoms with E-state index >= 15 is 0 Å². The molecule has 0 bridgehead atoms. The normalized spacial score (nSPS) is 11.2. The Labute approximate surface area is 330 Å². The molecule has 306 valence electrons. The van der Waals surface area contributed by atoms with Crippen LogP contribution in [0, 0.1) is 0 Å². The first kappa shape index (κ1) is 47.4. The van der Waals surface area contributed by atoms with E-state index in [2.05, 4.69) is 63.1 Å². The number of hydrogen-bond donors (Lipinski definition) is 8. The highest BCUT2D eigenvalue weighted by Crippen LogP contribution is 2.24. The zero-order valence-electron chi connectivity index (χ0n) is 29.1. The molecular weight excluding hydrogens is 894 g/mol. The lowest BCUT2D eigenvalue weighted by Gasteiger charge is -2.08. The van der Waals surface area contributed by atoms with Crippen molar-refractivity contribution >= 4 is 89.0 Å². The number of benzene rings is 2. The number of H-pyrrole nitrogens is 2. The summed E-state index contributed by atoms with van der Waals surface area (Å²) in [5.74, 6) is -7.81. The fourth-order valence-electron chi connectivity index (χ4n) is 4.55. The smallest absolute Gasteiger partial charge is 0.475 e. The zero-order valence-corrected chi connectivity index (χ0v) is 32.2. The molecule has 22 heteroatoms. The number of Topliss-reactive ketones (excluding diaryl/α,β-unsaturated/α-hetero) is 2. The predicted molar refractivity (Wildman–Crippen MR) is 198 cm³/mol. The highest BCUT2D eigenvalue weighted by atomic mass is 79.9. The topological polar surface area (TPSA) is 223 Å². The third-order valence-corrected chi connectivity index (χ3v) is 8.25. The number of ketones is 2. The maximum atomic E-state index is 12.5. The first-order chi connectivity index (χ1) is 26.2. The summed E-state index contributed by atoms with van der Waals surface area (Å²) in [6.45, 7) is 4.06. The average molecular weight is 930 g/mol. The number of rotatable bonds is 17. The Hall–Kier alpha value is -4.80. The summed E-state index contributed by atoms with van der Waals surface area (Å²) in [6.07, 6.45) is -3.57. The lowest BCUT2D eigenvalue weighted by atomic mass is 10.1. The Morgan fingerprint density at radius 2 is 0.875 bits per heavy atom. The Bertz CT molecular complexity index is 1840. The second-order valence-corrected chi connectivity index (χ2v) is 13.3. The third-order valence-electron chi connectivity index (χ3n) is 7.26. The minimum atomic E-state index is -5.08. The van der Waals surface area contributed by atoms with Crippen molar-refractivity contribution in [2.75, 3.05) is 39.3 Å². The van der Waals surface area contributed by atoms with Gasteiger partial charge >= 0.3 is 24.3 Å². The fraction of sp³-hybridized carbons (Fsp3) is 0.353. The largest absolute Gasteiger partial charge is 0.490 e. The first-order valence-electron chi connectivity index (χ1n) is 16.4. The van der Waals surface area contributed by atoms with Gasteiger partial charge < -0.3 is 41.4 Å². The van der Waals surface area contributed by atoms with Crippen LogP contribution in [0.4, 0.5) is 26.3 Å². The van der Waals surface area contributed by atoms with Crippen molar-refractivity contribution in [3.63, 3.8) is 0 Å². The lowest BCUT2D eigenvalue weighted by Crippen LogP contribution is -2.33. The molecule has 56 heavy (non-hydrogen) atoms. The van der Waals surface area contributed by atoms with Gasteiger partial charge in [0.25, 0.3) is 23.4 Å². The van der Waals surface area contributed by atoms with E-state index in [1.54, 1.807) is 12.4 Å². The number of carboxylic acid groups (broad SMARTS) is 2. The molecule has 4 rings (SSSR count). The van der Waals surface area contributed by atoms with Gasteiger partial charge in [-0.3, -0.25) is 19.2 Å². The van der Waals surface area contributed by atoms with Crippen molar-refractivity contribution in [1.29, 1.82) is 0 Å². The molecule has 2 heterocycles. The van der Waals surface area contributed by atoms with Gasteiger partial charge in [-0.1, -0.05) is 31.9 Å². The van der Waals surface area contributed by atoms with Crippen LogP contribution in [0.25, 0.3) is 21.8 Å². The van der Waals surface area contributed by atoms with Crippen LogP contribution in [-0.4, -0.2) is 107 Å². The van der Waals surface area contributed by atoms with Crippen molar-refractivity contribution in [2.45, 2.75) is 38.0 Å². The van der Waals surface area contributed by atoms with Crippen LogP contribution < -0.4 is 21.3 Å². The van der Waals surface area contributed by atoms with Gasteiger partial charge in [0.15, 0.2) is 0 Å². The number of unbranched alkanes of at least 4 members (excludes halogenated alkanes) is 1. The highest BCUT2D eigenvalue weighted by Gasteiger charge is 2.39. The molecule has 0 fully saturated rings. The molecule has 0 aliphatic rings. The van der Waals surface area contributed by atoms with Crippen LogP contribution in [0.15, 0.2) is 57.7 Å². The summed E-state index contributed by atoms with van der Waals surface area (Å²) in [5, 5.41) is 27.8. The highest BCUT2D eigenvalue weighted by molar-refractivity contribution is 9.10. The summed E-state index contributed by atoms with van der Waals surface area (Å²) in [6, 6.07) is 11.1. The third kappa shape index (κ3) is 16.1. The number of carbonyl (C=O) groups excluding carboxylic acids is 4. The molecule has 0 aliphatic carbocycles. The lowest BCUT2D eigenvalue weighted by molar-refractivity contribution is -0.193. The maximum absolute atomic E-state index is 12.5. The van der Waals surface area contributed by atoms with Crippen molar-refractivity contribution in [2.24, 2.45) is 0 Å². The first-order valence-corrected chi connectivity index (χ1v) is 18.0. The minimum absolute atomic E-state index is 0.366. The van der Waals surface area contributed by atoms with Gasteiger partial charge in [-0.05, 0) is 88.3 Å². The molecule has 0 spiro atoms. The van der Waals surface area contributed by atoms with E-state index in [0.29, 0.717) is 24.2 Å². The van der Waals surface area contributed by atoms with E-state index in [9.17, 15) is 45.5 Å². The van der Waals surface area contributed by atoms with Gasteiger partial charge in [0, 0.05) is 56.2 Å². The van der Waals surface area contributed by atoms with E-state index in [0.717, 1.165) is 82.6 Å². The quantitative estimate of drug-likeness (QED) is 0.0288. The Balaban J connectivity index is 0.000000657. The molecule has 0 atom stereocenters. The summed E-state index contributed by atoms with van der Waals surface area (Å²) in [4.78, 5) is 73.5. The number of nitrogens with one attached hydrogen (secondary N) is 6. The van der Waals surface area contributed by atoms with E-state index in [4.69, 9.17) is 19.8 Å². The Morgan fingerprint density at radius 3 is 1.20 bits per heavy atom. The predicted octanol–water partition coefficient (Wildman–Crippen LogP) is 5.48. The van der Waals surface area contributed by atoms with Crippen LogP contribution >= 0.6 is 31.9 Å². The minimum Gasteiger partial charge on any atom is -0.475 e. The van der Waals surface area contributed by atoms with E-state index < -0.39 is 47.7 Å². The molecule has 2 aromatic carbocycles. The zero-order chi connectivity index (χ0) is 42.1. The van der Waals surface area contributed by atoms with Crippen molar-refractivity contribution in [3.05, 3.63) is 68.9 Å². The van der Waals surface area contributed by atoms with Crippen LogP contribution in [0.2, 0.25) is 0 Å². The number of halogens is 8. The monoisotopic (exact) mass is 928 g/mol. The van der Waals surface area contributed by atoms with Gasteiger partial charge in [0.1, 0.15) is 0 Å². The standard InChI is InChI=1S/C30H34Br2N6O4.2C2HF3O2/c31-19-5-7-25-21(15-19)23(17-37-25)27(39)29(41)35-13-3-11-33-9-1-2-10-34-12-4-14-36-30(42)28(40)24-18-38-26-8-6-20(32)16-22(24)26;2*3-2(4,5)1(6)7/h5-8,15-18,33-34,37-38H,1-4,9-14H2,(H,35,41)(H,36,42);2*(H,6,7). The Kier molecular flexibility index (Phi) is 19.2. The molecule has 0 aliphatic heterocycles. The number of hydrogen-bond acceptors (Lipinski definition) is 8. The molecule has 0 saturated heterocycles. The molecule has 8 N–H and O–H groups in total. The molecular formula is C34H36Br2F6N6O8. The molecule has 0 radical (unpaired) electrons. The molecule has 2 aromatic heterocycles. The van der Waals surface area contributed by atoms with Gasteiger partial charge in [0.05, 0.1) is 11.1 Å². The van der Waals surface area contributed by atoms with E-state index in [1.807, 2.05) is 36.4 Å². The van der Waals surface area contributed by atoms with Gasteiger partial charge in [0.2, 0.25) is 0 Å². The molecule has 4 aromatic rings. The van der Waals surface area contributed by atoms with Crippen molar-refractivity contribution in [3.8, 4) is 0 Å². The van der Waals surface area contributed by atoms with Crippen LogP contribution in [0.3, 0.4) is 0 Å². The Morgan fingerprint density at radius 1 is 0.554 bits per heavy atom. The SMILES string of the molecule is O=C(NCCCNCCCCNCCCNC(=O)C(=O)c1c[nH]c2ccc(Br)cc12)C(=O)c1c[nH]c2ccc(Br)cc12.O=C(O)C(F)(F)F.O=C(O)C(F)(F)F. The summed E-state index contributed by atoms with van der Waals surface area (Å²) >= 11 is 6.79. The second kappa shape index (κ2) is 22.7. The van der Waals surface area contributed by atoms with Crippen LogP contribution in [-0.2, 0) is 19.2 Å².